The van der Waals surface area contributed by atoms with Gasteiger partial charge in [0, 0.05) is 32.2 Å². The number of unbranched alkanes of at least 4 members (excludes halogenated alkanes) is 1. The van der Waals surface area contributed by atoms with Crippen LogP contribution in [-0.4, -0.2) is 270 Å². The number of phenolic OH excluding ortho intramolecular Hbond substituents is 2. The van der Waals surface area contributed by atoms with Gasteiger partial charge in [0.15, 0.2) is 0 Å². The summed E-state index contributed by atoms with van der Waals surface area (Å²) in [4.78, 5) is 216. The number of likely N-dealkylation sites (tertiary alicyclic amines) is 1. The number of benzene rings is 3. The van der Waals surface area contributed by atoms with E-state index in [1.165, 1.54) is 55.5 Å². The third-order valence-corrected chi connectivity index (χ3v) is 17.3. The number of aliphatic hydroxyl groups excluding tert-OH is 4. The Morgan fingerprint density at radius 3 is 1.35 bits per heavy atom. The number of amides is 13. The maximum atomic E-state index is 14.8. The van der Waals surface area contributed by atoms with Crippen molar-refractivity contribution in [3.63, 3.8) is 0 Å². The Kier molecular flexibility index (Phi) is 37.5. The molecule has 13 amide bonds. The Balaban J connectivity index is 1.58. The highest BCUT2D eigenvalue weighted by Crippen LogP contribution is 2.22. The van der Waals surface area contributed by atoms with Crippen LogP contribution in [-0.2, 0) is 96.0 Å². The van der Waals surface area contributed by atoms with Gasteiger partial charge in [-0.15, -0.1) is 0 Å². The lowest BCUT2D eigenvalue weighted by atomic mass is 10.0. The molecular weight excluding hydrogens is 1450 g/mol. The van der Waals surface area contributed by atoms with Crippen LogP contribution in [0.5, 0.6) is 11.5 Å². The number of carboxylic acid groups (broad SMARTS) is 3. The summed E-state index contributed by atoms with van der Waals surface area (Å²) in [6.07, 6.45) is -5.97. The van der Waals surface area contributed by atoms with Crippen molar-refractivity contribution in [1.82, 2.24) is 68.7 Å². The minimum absolute atomic E-state index is 0.0710. The lowest BCUT2D eigenvalue weighted by Crippen LogP contribution is -2.62. The Bertz CT molecular complexity index is 3680. The maximum Gasteiger partial charge on any atom is 0.326 e. The van der Waals surface area contributed by atoms with Gasteiger partial charge >= 0.3 is 17.9 Å². The molecule has 0 aromatic heterocycles. The molecule has 4 rings (SSSR count). The number of nitrogens with one attached hydrogen (secondary N) is 12. The molecule has 0 saturated carbocycles. The topological polar surface area (TPSA) is 655 Å². The molecule has 14 atom stereocenters. The number of aromatic hydroxyl groups is 2. The first kappa shape index (κ1) is 90.9. The molecule has 0 aliphatic carbocycles. The van der Waals surface area contributed by atoms with Crippen LogP contribution in [0.15, 0.2) is 78.9 Å². The quantitative estimate of drug-likeness (QED) is 0.0234. The molecule has 40 nitrogen and oxygen atoms in total. The number of aliphatic carboxylic acids is 3. The van der Waals surface area contributed by atoms with Gasteiger partial charge in [0.05, 0.1) is 44.9 Å². The SMILES string of the molecule is CC(C)[C@H](NC(=O)[C@@H](NC(=O)[C@H](CCC(=O)O)NC(=O)[C@H](Cc1ccc(O)cc1)NC(=O)[C@H](CCCCN)NC(=O)[C@H](Cc1ccccc1)NC(=O)[C@H](CO)NC(=O)[C@H](Cc1ccc(O)cc1)NC(=O)CNC(=O)CNC(=O)[C@H](CC(=O)O)NC(=O)[C@H](CO)NC(=O)[C@@H](N)[C@@H](C)O)[C@@H](C)O)C(=O)N1CCC[C@H]1C(=O)O. The minimum Gasteiger partial charge on any atom is -0.508 e. The second-order valence-corrected chi connectivity index (χ2v) is 26.4. The first-order valence-corrected chi connectivity index (χ1v) is 35.1. The largest absolute Gasteiger partial charge is 0.508 e. The molecule has 604 valence electrons. The second-order valence-electron chi connectivity index (χ2n) is 26.4. The van der Waals surface area contributed by atoms with Gasteiger partial charge in [-0.1, -0.05) is 68.4 Å². The number of aliphatic hydroxyl groups is 4. The van der Waals surface area contributed by atoms with Gasteiger partial charge in [0.1, 0.15) is 84.0 Å². The first-order valence-electron chi connectivity index (χ1n) is 35.1. The van der Waals surface area contributed by atoms with Crippen LogP contribution in [0.3, 0.4) is 0 Å². The van der Waals surface area contributed by atoms with Crippen molar-refractivity contribution >= 4 is 94.7 Å². The zero-order valence-electron chi connectivity index (χ0n) is 60.8. The van der Waals surface area contributed by atoms with Crippen molar-refractivity contribution < 1.29 is 123 Å². The van der Waals surface area contributed by atoms with E-state index in [0.717, 1.165) is 11.8 Å². The van der Waals surface area contributed by atoms with E-state index >= 15 is 0 Å². The molecule has 110 heavy (non-hydrogen) atoms. The van der Waals surface area contributed by atoms with Crippen molar-refractivity contribution in [2.75, 3.05) is 39.4 Å². The normalized spacial score (nSPS) is 16.0. The van der Waals surface area contributed by atoms with E-state index in [1.807, 2.05) is 10.6 Å². The molecule has 40 heteroatoms. The van der Waals surface area contributed by atoms with Gasteiger partial charge in [-0.3, -0.25) is 71.9 Å². The number of rotatable bonds is 46. The summed E-state index contributed by atoms with van der Waals surface area (Å²) in [7, 11) is 0. The number of nitrogens with zero attached hydrogens (tertiary/aromatic N) is 1. The molecule has 0 unspecified atom stereocenters. The molecule has 3 aromatic rings. The van der Waals surface area contributed by atoms with Gasteiger partial charge in [0.2, 0.25) is 76.8 Å². The Hall–Kier alpha value is -11.5. The smallest absolute Gasteiger partial charge is 0.326 e. The van der Waals surface area contributed by atoms with Crippen molar-refractivity contribution in [2.45, 2.75) is 183 Å². The molecule has 1 aliphatic rings. The van der Waals surface area contributed by atoms with Crippen LogP contribution < -0.4 is 75.3 Å². The molecule has 1 fully saturated rings. The lowest BCUT2D eigenvalue weighted by molar-refractivity contribution is -0.150. The van der Waals surface area contributed by atoms with Crippen LogP contribution in [0.2, 0.25) is 0 Å². The van der Waals surface area contributed by atoms with Gasteiger partial charge < -0.3 is 126 Å². The first-order chi connectivity index (χ1) is 52.0. The van der Waals surface area contributed by atoms with Crippen LogP contribution in [0.25, 0.3) is 0 Å². The van der Waals surface area contributed by atoms with E-state index in [1.54, 1.807) is 44.2 Å². The third kappa shape index (κ3) is 30.3. The number of hydrogen-bond acceptors (Lipinski definition) is 24. The second kappa shape index (κ2) is 45.4. The highest BCUT2D eigenvalue weighted by atomic mass is 16.4. The monoisotopic (exact) mass is 1550 g/mol. The van der Waals surface area contributed by atoms with Crippen LogP contribution >= 0.6 is 0 Å². The molecule has 0 radical (unpaired) electrons. The fourth-order valence-corrected chi connectivity index (χ4v) is 11.1. The predicted octanol–water partition coefficient (Wildman–Crippen LogP) is -7.52. The number of carboxylic acids is 3. The zero-order valence-corrected chi connectivity index (χ0v) is 60.8. The molecule has 0 bridgehead atoms. The number of carbonyl (C=O) groups excluding carboxylic acids is 13. The van der Waals surface area contributed by atoms with Crippen molar-refractivity contribution in [3.05, 3.63) is 95.6 Å². The fraction of sp³-hybridized carbons (Fsp3) is 0.514. The Labute approximate surface area is 630 Å². The van der Waals surface area contributed by atoms with Crippen LogP contribution in [0, 0.1) is 5.92 Å². The lowest BCUT2D eigenvalue weighted by Gasteiger charge is -2.31. The molecular formula is C70H99N15O25. The summed E-state index contributed by atoms with van der Waals surface area (Å²) in [6, 6.07) is -1.53. The summed E-state index contributed by atoms with van der Waals surface area (Å²) in [5.41, 5.74) is 12.4. The standard InChI is InChI=1S/C70H99N15O25/c1-35(2)57(69(108)85-26-10-14-51(85)70(109)110)83-68(107)58(37(4)89)84-61(100)44(23-24-54(94)95)77-64(103)47(29-40-17-21-42(91)22-18-40)78-60(99)43(13-8-9-25-71)76-63(102)46(27-38-11-6-5-7-12-38)79-65(104)49(33-86)81-62(101)45(28-39-15-19-41(90)20-16-39)75-53(93)32-73-52(92)31-74-59(98)48(30-55(96)97)80-66(105)50(34-87)82-67(106)56(72)36(3)88/h5-7,11-12,15-22,35-37,43-51,56-58,86-91H,8-10,13-14,23-34,71-72H2,1-4H3,(H,73,92)(H,74,98)(H,75,93)(H,76,102)(H,77,103)(H,78,99)(H,79,104)(H,80,105)(H,81,101)(H,82,106)(H,83,107)(H,84,100)(H,94,95)(H,96,97)(H,109,110)/t36-,37-,43+,44+,45+,46+,47+,48+,49+,50+,51+,56+,57+,58+/m1/s1. The van der Waals surface area contributed by atoms with Gasteiger partial charge in [-0.2, -0.15) is 0 Å². The Morgan fingerprint density at radius 2 is 0.882 bits per heavy atom. The summed E-state index contributed by atoms with van der Waals surface area (Å²) < 4.78 is 0. The number of hydrogen-bond donors (Lipinski definition) is 23. The predicted molar refractivity (Wildman–Crippen MR) is 384 cm³/mol. The molecule has 1 aliphatic heterocycles. The molecule has 1 heterocycles. The average molecular weight is 1550 g/mol. The molecule has 1 saturated heterocycles. The van der Waals surface area contributed by atoms with Gasteiger partial charge in [-0.05, 0) is 106 Å². The van der Waals surface area contributed by atoms with Crippen molar-refractivity contribution in [1.29, 1.82) is 0 Å². The molecule has 25 N–H and O–H groups in total. The Morgan fingerprint density at radius 1 is 0.455 bits per heavy atom. The summed E-state index contributed by atoms with van der Waals surface area (Å²) in [5.74, 6) is -19.8. The molecule has 3 aromatic carbocycles. The van der Waals surface area contributed by atoms with Gasteiger partial charge in [-0.25, -0.2) is 4.79 Å². The van der Waals surface area contributed by atoms with Crippen LogP contribution in [0.1, 0.15) is 95.8 Å². The summed E-state index contributed by atoms with van der Waals surface area (Å²) in [6.45, 7) is 1.49. The summed E-state index contributed by atoms with van der Waals surface area (Å²) in [5, 5.41) is 118. The highest BCUT2D eigenvalue weighted by Gasteiger charge is 2.42. The average Bonchev–Trinajstić information content (AvgIpc) is 1.35. The zero-order chi connectivity index (χ0) is 82.1. The van der Waals surface area contributed by atoms with Crippen molar-refractivity contribution in [2.24, 2.45) is 17.4 Å². The van der Waals surface area contributed by atoms with Gasteiger partial charge in [0.25, 0.3) is 0 Å². The fourth-order valence-electron chi connectivity index (χ4n) is 11.1. The van der Waals surface area contributed by atoms with Crippen molar-refractivity contribution in [3.8, 4) is 11.5 Å². The van der Waals surface area contributed by atoms with E-state index in [0.29, 0.717) is 23.1 Å². The van der Waals surface area contributed by atoms with E-state index < -0.39 is 237 Å². The third-order valence-electron chi connectivity index (χ3n) is 17.3. The molecule has 0 spiro atoms. The number of nitrogens with two attached hydrogens (primary N) is 2. The van der Waals surface area contributed by atoms with Crippen LogP contribution in [0.4, 0.5) is 0 Å². The number of phenols is 2. The van der Waals surface area contributed by atoms with E-state index in [2.05, 4.69) is 53.2 Å². The highest BCUT2D eigenvalue weighted by molar-refractivity contribution is 6.00. The maximum absolute atomic E-state index is 14.8. The van der Waals surface area contributed by atoms with E-state index in [4.69, 9.17) is 11.5 Å². The minimum atomic E-state index is -1.92. The van der Waals surface area contributed by atoms with E-state index in [9.17, 15) is 123 Å². The summed E-state index contributed by atoms with van der Waals surface area (Å²) >= 11 is 0. The number of carbonyl (C=O) groups is 16. The van der Waals surface area contributed by atoms with E-state index in [-0.39, 0.29) is 63.1 Å².